The van der Waals surface area contributed by atoms with E-state index < -0.39 is 11.0 Å². The Labute approximate surface area is 134 Å². The molecule has 1 saturated heterocycles. The number of hydrogen-bond donors (Lipinski definition) is 2. The van der Waals surface area contributed by atoms with Crippen LogP contribution in [0.1, 0.15) is 18.4 Å². The molecular weight excluding hydrogens is 292 g/mol. The Hall–Kier alpha value is -1.91. The number of carbonyl (C=O) groups excluding carboxylic acids is 1. The molecule has 4 nitrogen and oxygen atoms in total. The van der Waals surface area contributed by atoms with Crippen LogP contribution in [-0.4, -0.2) is 35.0 Å². The van der Waals surface area contributed by atoms with Gasteiger partial charge in [0.15, 0.2) is 0 Å². The minimum absolute atomic E-state index is 0.0291. The van der Waals surface area contributed by atoms with Crippen molar-refractivity contribution < 1.29 is 19.7 Å². The molecular formula is C19H20O4. The lowest BCUT2D eigenvalue weighted by Crippen LogP contribution is -2.36. The summed E-state index contributed by atoms with van der Waals surface area (Å²) >= 11 is 0. The maximum Gasteiger partial charge on any atom is 0.312 e. The third-order valence-corrected chi connectivity index (χ3v) is 5.50. The highest BCUT2D eigenvalue weighted by Crippen LogP contribution is 2.54. The second-order valence-electron chi connectivity index (χ2n) is 7.07. The highest BCUT2D eigenvalue weighted by Gasteiger charge is 2.62. The second-order valence-corrected chi connectivity index (χ2v) is 7.07. The first-order chi connectivity index (χ1) is 11.0. The summed E-state index contributed by atoms with van der Waals surface area (Å²) in [6.45, 7) is 0.0327. The third-order valence-electron chi connectivity index (χ3n) is 5.50. The number of fused-ring (bicyclic) bond motifs is 2. The van der Waals surface area contributed by atoms with Gasteiger partial charge < -0.3 is 14.9 Å². The van der Waals surface area contributed by atoms with E-state index in [2.05, 4.69) is 24.3 Å². The van der Waals surface area contributed by atoms with Gasteiger partial charge in [0.2, 0.25) is 0 Å². The van der Waals surface area contributed by atoms with Crippen molar-refractivity contribution in [3.05, 3.63) is 48.0 Å². The topological polar surface area (TPSA) is 66.8 Å². The van der Waals surface area contributed by atoms with Crippen molar-refractivity contribution in [3.8, 4) is 0 Å². The Morgan fingerprint density at radius 1 is 1.17 bits per heavy atom. The quantitative estimate of drug-likeness (QED) is 0.851. The summed E-state index contributed by atoms with van der Waals surface area (Å²) in [5.41, 5.74) is -0.810. The third kappa shape index (κ3) is 2.25. The average molecular weight is 312 g/mol. The van der Waals surface area contributed by atoms with Gasteiger partial charge in [-0.3, -0.25) is 4.79 Å². The fraction of sp³-hybridized carbons (Fsp3) is 0.421. The molecule has 4 heteroatoms. The predicted octanol–water partition coefficient (Wildman–Crippen LogP) is 2.06. The van der Waals surface area contributed by atoms with Crippen LogP contribution >= 0.6 is 0 Å². The number of aliphatic hydroxyl groups excluding tert-OH is 1. The van der Waals surface area contributed by atoms with Gasteiger partial charge in [-0.2, -0.15) is 0 Å². The van der Waals surface area contributed by atoms with Crippen molar-refractivity contribution in [2.75, 3.05) is 13.2 Å². The van der Waals surface area contributed by atoms with Crippen LogP contribution in [0.3, 0.4) is 0 Å². The van der Waals surface area contributed by atoms with Crippen LogP contribution in [0.25, 0.3) is 10.8 Å². The number of esters is 1. The molecule has 0 bridgehead atoms. The predicted molar refractivity (Wildman–Crippen MR) is 85.8 cm³/mol. The lowest BCUT2D eigenvalue weighted by molar-refractivity contribution is -0.148. The molecule has 2 aromatic rings. The van der Waals surface area contributed by atoms with Crippen molar-refractivity contribution in [3.63, 3.8) is 0 Å². The maximum atomic E-state index is 12.4. The van der Waals surface area contributed by atoms with Crippen LogP contribution in [0.15, 0.2) is 42.5 Å². The van der Waals surface area contributed by atoms with Crippen LogP contribution in [0, 0.1) is 11.3 Å². The Kier molecular flexibility index (Phi) is 3.22. The van der Waals surface area contributed by atoms with Gasteiger partial charge in [0, 0.05) is 5.92 Å². The van der Waals surface area contributed by atoms with Gasteiger partial charge >= 0.3 is 5.97 Å². The molecule has 0 spiro atoms. The highest BCUT2D eigenvalue weighted by atomic mass is 16.5. The number of carbonyl (C=O) groups is 1. The first kappa shape index (κ1) is 14.7. The molecule has 2 fully saturated rings. The molecule has 1 heterocycles. The number of aliphatic hydroxyl groups is 2. The minimum atomic E-state index is -1.17. The molecule has 0 radical (unpaired) electrons. The largest absolute Gasteiger partial charge is 0.465 e. The lowest BCUT2D eigenvalue weighted by atomic mass is 9.74. The van der Waals surface area contributed by atoms with E-state index in [1.165, 1.54) is 0 Å². The number of hydrogen-bond acceptors (Lipinski definition) is 4. The monoisotopic (exact) mass is 312 g/mol. The lowest BCUT2D eigenvalue weighted by Gasteiger charge is -2.26. The Bertz CT molecular complexity index is 771. The van der Waals surface area contributed by atoms with Crippen molar-refractivity contribution in [1.29, 1.82) is 0 Å². The SMILES string of the molecule is O=C1OC[C@H]2C[C@](O)(CO)C[C@]12Cc1ccc2ccccc2c1. The van der Waals surface area contributed by atoms with Gasteiger partial charge in [0.05, 0.1) is 24.2 Å². The normalized spacial score (nSPS) is 33.0. The summed E-state index contributed by atoms with van der Waals surface area (Å²) in [6.07, 6.45) is 1.24. The van der Waals surface area contributed by atoms with E-state index in [-0.39, 0.29) is 24.9 Å². The highest BCUT2D eigenvalue weighted by molar-refractivity contribution is 5.84. The van der Waals surface area contributed by atoms with E-state index in [4.69, 9.17) is 4.74 Å². The van der Waals surface area contributed by atoms with E-state index >= 15 is 0 Å². The van der Waals surface area contributed by atoms with Crippen molar-refractivity contribution in [2.45, 2.75) is 24.9 Å². The van der Waals surface area contributed by atoms with Gasteiger partial charge in [-0.1, -0.05) is 42.5 Å². The Morgan fingerprint density at radius 3 is 2.74 bits per heavy atom. The summed E-state index contributed by atoms with van der Waals surface area (Å²) in [5.74, 6) is -0.265. The molecule has 2 aliphatic rings. The molecule has 120 valence electrons. The average Bonchev–Trinajstić information content (AvgIpc) is 3.00. The first-order valence-corrected chi connectivity index (χ1v) is 8.03. The standard InChI is InChI=1S/C19H20O4/c20-12-18(22)9-16-10-23-17(21)19(16,11-18)8-13-5-6-14-3-1-2-4-15(14)7-13/h1-7,16,20,22H,8-12H2/t16-,18-,19+/m1/s1. The molecule has 4 rings (SSSR count). The van der Waals surface area contributed by atoms with E-state index in [0.29, 0.717) is 19.4 Å². The summed E-state index contributed by atoms with van der Waals surface area (Å²) in [7, 11) is 0. The van der Waals surface area contributed by atoms with Crippen molar-refractivity contribution in [2.24, 2.45) is 11.3 Å². The van der Waals surface area contributed by atoms with E-state index in [0.717, 1.165) is 16.3 Å². The van der Waals surface area contributed by atoms with Gasteiger partial charge in [-0.15, -0.1) is 0 Å². The molecule has 0 aromatic heterocycles. The Balaban J connectivity index is 1.71. The van der Waals surface area contributed by atoms with Crippen LogP contribution < -0.4 is 0 Å². The molecule has 2 aromatic carbocycles. The minimum Gasteiger partial charge on any atom is -0.465 e. The zero-order valence-electron chi connectivity index (χ0n) is 12.9. The van der Waals surface area contributed by atoms with Gasteiger partial charge in [0.1, 0.15) is 0 Å². The van der Waals surface area contributed by atoms with Gasteiger partial charge in [-0.25, -0.2) is 0 Å². The molecule has 1 saturated carbocycles. The molecule has 0 amide bonds. The second kappa shape index (κ2) is 5.05. The molecule has 1 aliphatic heterocycles. The van der Waals surface area contributed by atoms with Crippen LogP contribution in [-0.2, 0) is 16.0 Å². The van der Waals surface area contributed by atoms with Crippen molar-refractivity contribution in [1.82, 2.24) is 0 Å². The zero-order chi connectivity index (χ0) is 16.1. The fourth-order valence-corrected chi connectivity index (χ4v) is 4.35. The maximum absolute atomic E-state index is 12.4. The first-order valence-electron chi connectivity index (χ1n) is 8.03. The van der Waals surface area contributed by atoms with Gasteiger partial charge in [0.25, 0.3) is 0 Å². The number of cyclic esters (lactones) is 1. The molecule has 3 atom stereocenters. The van der Waals surface area contributed by atoms with Crippen molar-refractivity contribution >= 4 is 16.7 Å². The summed E-state index contributed by atoms with van der Waals surface area (Å²) in [5, 5.41) is 22.3. The summed E-state index contributed by atoms with van der Waals surface area (Å²) < 4.78 is 5.29. The van der Waals surface area contributed by atoms with Crippen LogP contribution in [0.4, 0.5) is 0 Å². The van der Waals surface area contributed by atoms with E-state index in [1.807, 2.05) is 18.2 Å². The molecule has 0 unspecified atom stereocenters. The molecule has 1 aliphatic carbocycles. The number of benzene rings is 2. The number of rotatable bonds is 3. The smallest absolute Gasteiger partial charge is 0.312 e. The molecule has 2 N–H and O–H groups in total. The van der Waals surface area contributed by atoms with Crippen LogP contribution in [0.5, 0.6) is 0 Å². The number of ether oxygens (including phenoxy) is 1. The Morgan fingerprint density at radius 2 is 1.96 bits per heavy atom. The fourth-order valence-electron chi connectivity index (χ4n) is 4.35. The summed E-state index contributed by atoms with van der Waals surface area (Å²) in [4.78, 5) is 12.4. The van der Waals surface area contributed by atoms with Crippen LogP contribution in [0.2, 0.25) is 0 Å². The van der Waals surface area contributed by atoms with Gasteiger partial charge in [-0.05, 0) is 35.6 Å². The summed E-state index contributed by atoms with van der Waals surface area (Å²) in [6, 6.07) is 14.3. The zero-order valence-corrected chi connectivity index (χ0v) is 12.9. The van der Waals surface area contributed by atoms with E-state index in [9.17, 15) is 15.0 Å². The molecule has 23 heavy (non-hydrogen) atoms. The van der Waals surface area contributed by atoms with E-state index in [1.54, 1.807) is 0 Å².